The molecule has 0 atom stereocenters. The molecule has 0 aliphatic carbocycles. The maximum Gasteiger partial charge on any atom is 0.269 e. The zero-order valence-corrected chi connectivity index (χ0v) is 14.2. The SMILES string of the molecule is Cc1cc([N+](=O)[O-])ccc1NC(=O)C1CN(C(=O)c2ccc(F)c(F)c2)C1. The number of carbonyl (C=O) groups is 2. The molecule has 1 aliphatic rings. The van der Waals surface area contributed by atoms with Gasteiger partial charge in [-0.25, -0.2) is 8.78 Å². The summed E-state index contributed by atoms with van der Waals surface area (Å²) in [6.45, 7) is 1.94. The van der Waals surface area contributed by atoms with Crippen molar-refractivity contribution in [2.75, 3.05) is 18.4 Å². The molecule has 0 radical (unpaired) electrons. The van der Waals surface area contributed by atoms with Crippen molar-refractivity contribution in [2.24, 2.45) is 5.92 Å². The largest absolute Gasteiger partial charge is 0.337 e. The molecule has 1 fully saturated rings. The van der Waals surface area contributed by atoms with Gasteiger partial charge in [-0.2, -0.15) is 0 Å². The average molecular weight is 375 g/mol. The molecule has 27 heavy (non-hydrogen) atoms. The van der Waals surface area contributed by atoms with Crippen LogP contribution in [0.3, 0.4) is 0 Å². The third kappa shape index (κ3) is 3.76. The van der Waals surface area contributed by atoms with E-state index in [1.807, 2.05) is 0 Å². The first-order chi connectivity index (χ1) is 12.8. The van der Waals surface area contributed by atoms with Crippen LogP contribution in [0.25, 0.3) is 0 Å². The number of carbonyl (C=O) groups excluding carboxylic acids is 2. The first-order valence-electron chi connectivity index (χ1n) is 8.06. The van der Waals surface area contributed by atoms with Gasteiger partial charge in [0, 0.05) is 36.5 Å². The monoisotopic (exact) mass is 375 g/mol. The molecule has 1 heterocycles. The van der Waals surface area contributed by atoms with E-state index >= 15 is 0 Å². The Kier molecular flexibility index (Phi) is 4.85. The van der Waals surface area contributed by atoms with Gasteiger partial charge in [-0.3, -0.25) is 19.7 Å². The first-order valence-corrected chi connectivity index (χ1v) is 8.06. The maximum absolute atomic E-state index is 13.2. The van der Waals surface area contributed by atoms with E-state index in [2.05, 4.69) is 5.32 Å². The molecule has 0 unspecified atom stereocenters. The van der Waals surface area contributed by atoms with Gasteiger partial charge in [-0.15, -0.1) is 0 Å². The Hall–Kier alpha value is -3.36. The van der Waals surface area contributed by atoms with E-state index in [1.54, 1.807) is 6.92 Å². The highest BCUT2D eigenvalue weighted by Gasteiger charge is 2.36. The summed E-state index contributed by atoms with van der Waals surface area (Å²) in [6.07, 6.45) is 0. The zero-order valence-electron chi connectivity index (χ0n) is 14.2. The smallest absolute Gasteiger partial charge is 0.269 e. The summed E-state index contributed by atoms with van der Waals surface area (Å²) in [6, 6.07) is 7.00. The number of nitro benzene ring substituents is 1. The topological polar surface area (TPSA) is 92.6 Å². The number of nitrogens with zero attached hydrogens (tertiary/aromatic N) is 2. The minimum Gasteiger partial charge on any atom is -0.337 e. The molecule has 7 nitrogen and oxygen atoms in total. The molecular formula is C18H15F2N3O4. The summed E-state index contributed by atoms with van der Waals surface area (Å²) in [7, 11) is 0. The summed E-state index contributed by atoms with van der Waals surface area (Å²) in [4.78, 5) is 36.1. The fraction of sp³-hybridized carbons (Fsp3) is 0.222. The van der Waals surface area contributed by atoms with Crippen molar-refractivity contribution in [1.29, 1.82) is 0 Å². The Labute approximate surface area is 152 Å². The number of likely N-dealkylation sites (tertiary alicyclic amines) is 1. The predicted octanol–water partition coefficient (Wildman–Crippen LogP) is 2.89. The van der Waals surface area contributed by atoms with Crippen molar-refractivity contribution in [3.63, 3.8) is 0 Å². The van der Waals surface area contributed by atoms with Crippen LogP contribution in [0.2, 0.25) is 0 Å². The molecule has 3 rings (SSSR count). The Morgan fingerprint density at radius 3 is 2.44 bits per heavy atom. The molecule has 0 aromatic heterocycles. The van der Waals surface area contributed by atoms with Crippen molar-refractivity contribution in [2.45, 2.75) is 6.92 Å². The van der Waals surface area contributed by atoms with Crippen molar-refractivity contribution < 1.29 is 23.3 Å². The predicted molar refractivity (Wildman–Crippen MR) is 92.2 cm³/mol. The standard InChI is InChI=1S/C18H15F2N3O4/c1-10-6-13(23(26)27)3-5-16(10)21-17(24)12-8-22(9-12)18(25)11-2-4-14(19)15(20)7-11/h2-7,12H,8-9H2,1H3,(H,21,24). The van der Waals surface area contributed by atoms with Crippen LogP contribution in [-0.4, -0.2) is 34.7 Å². The lowest BCUT2D eigenvalue weighted by Gasteiger charge is -2.38. The van der Waals surface area contributed by atoms with Crippen LogP contribution < -0.4 is 5.32 Å². The van der Waals surface area contributed by atoms with Crippen LogP contribution in [0, 0.1) is 34.6 Å². The fourth-order valence-electron chi connectivity index (χ4n) is 2.76. The number of nitro groups is 1. The summed E-state index contributed by atoms with van der Waals surface area (Å²) >= 11 is 0. The normalized spacial score (nSPS) is 13.8. The third-order valence-corrected chi connectivity index (χ3v) is 4.38. The van der Waals surface area contributed by atoms with Crippen molar-refractivity contribution in [3.05, 3.63) is 69.3 Å². The molecule has 1 saturated heterocycles. The average Bonchev–Trinajstić information content (AvgIpc) is 2.57. The van der Waals surface area contributed by atoms with Crippen molar-refractivity contribution >= 4 is 23.2 Å². The number of anilines is 1. The maximum atomic E-state index is 13.2. The van der Waals surface area contributed by atoms with Crippen molar-refractivity contribution in [1.82, 2.24) is 4.90 Å². The molecule has 9 heteroatoms. The number of non-ortho nitro benzene ring substituents is 1. The summed E-state index contributed by atoms with van der Waals surface area (Å²) in [5.41, 5.74) is 0.944. The highest BCUT2D eigenvalue weighted by Crippen LogP contribution is 2.24. The third-order valence-electron chi connectivity index (χ3n) is 4.38. The summed E-state index contributed by atoms with van der Waals surface area (Å²) < 4.78 is 26.2. The number of amides is 2. The van der Waals surface area contributed by atoms with Crippen LogP contribution in [0.4, 0.5) is 20.2 Å². The molecule has 2 aromatic rings. The van der Waals surface area contributed by atoms with Gasteiger partial charge in [0.15, 0.2) is 11.6 Å². The molecule has 0 saturated carbocycles. The summed E-state index contributed by atoms with van der Waals surface area (Å²) in [5.74, 6) is -3.39. The van der Waals surface area contributed by atoms with Gasteiger partial charge in [0.1, 0.15) is 0 Å². The minimum atomic E-state index is -1.11. The number of hydrogen-bond donors (Lipinski definition) is 1. The number of hydrogen-bond acceptors (Lipinski definition) is 4. The molecule has 0 spiro atoms. The van der Waals surface area contributed by atoms with Crippen LogP contribution in [0.5, 0.6) is 0 Å². The molecular weight excluding hydrogens is 360 g/mol. The van der Waals surface area contributed by atoms with Gasteiger partial charge in [0.25, 0.3) is 11.6 Å². The lowest BCUT2D eigenvalue weighted by molar-refractivity contribution is -0.384. The Balaban J connectivity index is 1.59. The minimum absolute atomic E-state index is 0.0129. The highest BCUT2D eigenvalue weighted by molar-refractivity contribution is 5.98. The molecule has 1 N–H and O–H groups in total. The van der Waals surface area contributed by atoms with E-state index in [0.29, 0.717) is 11.3 Å². The number of halogens is 2. The van der Waals surface area contributed by atoms with Gasteiger partial charge in [0.2, 0.25) is 5.91 Å². The first kappa shape index (κ1) is 18.4. The van der Waals surface area contributed by atoms with E-state index < -0.39 is 28.4 Å². The van der Waals surface area contributed by atoms with E-state index in [0.717, 1.165) is 12.1 Å². The molecule has 1 aliphatic heterocycles. The number of aryl methyl sites for hydroxylation is 1. The second kappa shape index (κ2) is 7.10. The molecule has 2 amide bonds. The Bertz CT molecular complexity index is 942. The van der Waals surface area contributed by atoms with Crippen LogP contribution >= 0.6 is 0 Å². The zero-order chi connectivity index (χ0) is 19.7. The second-order valence-corrected chi connectivity index (χ2v) is 6.28. The van der Waals surface area contributed by atoms with Crippen LogP contribution in [-0.2, 0) is 4.79 Å². The lowest BCUT2D eigenvalue weighted by Crippen LogP contribution is -2.54. The van der Waals surface area contributed by atoms with Gasteiger partial charge >= 0.3 is 0 Å². The number of rotatable bonds is 4. The van der Waals surface area contributed by atoms with Gasteiger partial charge < -0.3 is 10.2 Å². The van der Waals surface area contributed by atoms with E-state index in [9.17, 15) is 28.5 Å². The number of benzene rings is 2. The van der Waals surface area contributed by atoms with E-state index in [1.165, 1.54) is 29.2 Å². The molecule has 0 bridgehead atoms. The number of nitrogens with one attached hydrogen (secondary N) is 1. The van der Waals surface area contributed by atoms with E-state index in [-0.39, 0.29) is 30.2 Å². The quantitative estimate of drug-likeness (QED) is 0.657. The van der Waals surface area contributed by atoms with Gasteiger partial charge in [-0.05, 0) is 36.8 Å². The van der Waals surface area contributed by atoms with E-state index in [4.69, 9.17) is 0 Å². The van der Waals surface area contributed by atoms with Gasteiger partial charge in [-0.1, -0.05) is 0 Å². The Morgan fingerprint density at radius 2 is 1.85 bits per heavy atom. The summed E-state index contributed by atoms with van der Waals surface area (Å²) in [5, 5.41) is 13.4. The molecule has 2 aromatic carbocycles. The Morgan fingerprint density at radius 1 is 1.15 bits per heavy atom. The van der Waals surface area contributed by atoms with Crippen molar-refractivity contribution in [3.8, 4) is 0 Å². The van der Waals surface area contributed by atoms with Crippen LogP contribution in [0.1, 0.15) is 15.9 Å². The van der Waals surface area contributed by atoms with Gasteiger partial charge in [0.05, 0.1) is 10.8 Å². The lowest BCUT2D eigenvalue weighted by atomic mass is 9.97. The molecule has 140 valence electrons. The second-order valence-electron chi connectivity index (χ2n) is 6.28. The van der Waals surface area contributed by atoms with Crippen LogP contribution in [0.15, 0.2) is 36.4 Å². The highest BCUT2D eigenvalue weighted by atomic mass is 19.2. The fourth-order valence-corrected chi connectivity index (χ4v) is 2.76.